The van der Waals surface area contributed by atoms with Crippen molar-refractivity contribution in [2.45, 2.75) is 23.9 Å². The molecule has 0 saturated carbocycles. The molecule has 2 aromatic rings. The second-order valence-electron chi connectivity index (χ2n) is 5.33. The number of hydrogen-bond acceptors (Lipinski definition) is 6. The van der Waals surface area contributed by atoms with Gasteiger partial charge in [0.15, 0.2) is 0 Å². The summed E-state index contributed by atoms with van der Waals surface area (Å²) >= 11 is 1.61. The molecule has 0 amide bonds. The number of anilines is 1. The number of esters is 1. The summed E-state index contributed by atoms with van der Waals surface area (Å²) in [6, 6.07) is 9.11. The number of nitrogens with one attached hydrogen (secondary N) is 1. The Labute approximate surface area is 132 Å². The smallest absolute Gasteiger partial charge is 0.343 e. The summed E-state index contributed by atoms with van der Waals surface area (Å²) in [6.07, 6.45) is 5.96. The highest BCUT2D eigenvalue weighted by Gasteiger charge is 2.30. The molecule has 2 aliphatic rings. The third kappa shape index (κ3) is 2.44. The van der Waals surface area contributed by atoms with E-state index in [0.29, 0.717) is 17.5 Å². The van der Waals surface area contributed by atoms with Crippen molar-refractivity contribution in [3.8, 4) is 5.75 Å². The van der Waals surface area contributed by atoms with Crippen molar-refractivity contribution in [3.05, 3.63) is 48.3 Å². The monoisotopic (exact) mass is 313 g/mol. The second-order valence-corrected chi connectivity index (χ2v) is 6.21. The minimum atomic E-state index is -0.366. The van der Waals surface area contributed by atoms with Crippen LogP contribution in [0, 0.1) is 0 Å². The molecule has 3 heterocycles. The largest absolute Gasteiger partial charge is 0.423 e. The van der Waals surface area contributed by atoms with Crippen LogP contribution < -0.4 is 14.4 Å². The van der Waals surface area contributed by atoms with E-state index in [-0.39, 0.29) is 5.97 Å². The minimum absolute atomic E-state index is 0.366. The van der Waals surface area contributed by atoms with E-state index < -0.39 is 0 Å². The maximum Gasteiger partial charge on any atom is 0.343 e. The molecule has 0 radical (unpaired) electrons. The van der Waals surface area contributed by atoms with Gasteiger partial charge >= 0.3 is 5.97 Å². The number of nitrogens with zero attached hydrogens (tertiary/aromatic N) is 2. The zero-order valence-electron chi connectivity index (χ0n) is 11.9. The Morgan fingerprint density at radius 2 is 2.18 bits per heavy atom. The number of rotatable bonds is 2. The Kier molecular flexibility index (Phi) is 3.48. The van der Waals surface area contributed by atoms with Crippen LogP contribution in [-0.2, 0) is 0 Å². The van der Waals surface area contributed by atoms with Crippen LogP contribution in [0.3, 0.4) is 0 Å². The average molecular weight is 313 g/mol. The molecule has 112 valence electrons. The summed E-state index contributed by atoms with van der Waals surface area (Å²) in [6.45, 7) is 1.07. The first-order chi connectivity index (χ1) is 10.8. The first-order valence-electron chi connectivity index (χ1n) is 7.26. The van der Waals surface area contributed by atoms with Gasteiger partial charge in [-0.25, -0.2) is 9.52 Å². The highest BCUT2D eigenvalue weighted by atomic mass is 32.2. The molecule has 1 fully saturated rings. The van der Waals surface area contributed by atoms with Gasteiger partial charge in [0.05, 0.1) is 17.4 Å². The molecule has 2 aliphatic heterocycles. The molecule has 4 rings (SSSR count). The summed E-state index contributed by atoms with van der Waals surface area (Å²) in [5.74, 6) is 0.197. The molecule has 1 aromatic carbocycles. The van der Waals surface area contributed by atoms with Gasteiger partial charge in [0.25, 0.3) is 0 Å². The van der Waals surface area contributed by atoms with Crippen LogP contribution in [0.25, 0.3) is 0 Å². The molecule has 1 aromatic heterocycles. The summed E-state index contributed by atoms with van der Waals surface area (Å²) in [5.41, 5.74) is 1.72. The van der Waals surface area contributed by atoms with Crippen molar-refractivity contribution in [2.75, 3.05) is 11.4 Å². The van der Waals surface area contributed by atoms with E-state index in [1.165, 1.54) is 18.5 Å². The summed E-state index contributed by atoms with van der Waals surface area (Å²) in [7, 11) is 0. The molecule has 0 aliphatic carbocycles. The van der Waals surface area contributed by atoms with Crippen LogP contribution >= 0.6 is 11.9 Å². The second kappa shape index (κ2) is 5.62. The highest BCUT2D eigenvalue weighted by molar-refractivity contribution is 7.97. The van der Waals surface area contributed by atoms with Crippen LogP contribution in [0.1, 0.15) is 23.2 Å². The van der Waals surface area contributed by atoms with Gasteiger partial charge in [0.2, 0.25) is 0 Å². The number of benzene rings is 1. The number of carbonyl (C=O) groups is 1. The minimum Gasteiger partial charge on any atom is -0.423 e. The number of hydrogen-bond donors (Lipinski definition) is 1. The standard InChI is InChI=1S/C16H15N3O2S/c20-16(11-5-7-17-8-6-11)21-12-3-4-13-14(10-12)22-18-15-2-1-9-19(13)15/h3-8,10,15,18H,1-2,9H2. The number of pyridine rings is 1. The quantitative estimate of drug-likeness (QED) is 0.523. The first kappa shape index (κ1) is 13.6. The third-order valence-electron chi connectivity index (χ3n) is 3.92. The van der Waals surface area contributed by atoms with Crippen LogP contribution in [0.15, 0.2) is 47.6 Å². The molecular weight excluding hydrogens is 298 g/mol. The fourth-order valence-corrected chi connectivity index (χ4v) is 3.81. The Balaban J connectivity index is 1.56. The van der Waals surface area contributed by atoms with Crippen molar-refractivity contribution >= 4 is 23.6 Å². The van der Waals surface area contributed by atoms with Gasteiger partial charge in [-0.2, -0.15) is 0 Å². The fraction of sp³-hybridized carbons (Fsp3) is 0.250. The lowest BCUT2D eigenvalue weighted by atomic mass is 10.2. The normalized spacial score (nSPS) is 19.5. The molecule has 22 heavy (non-hydrogen) atoms. The summed E-state index contributed by atoms with van der Waals surface area (Å²) in [4.78, 5) is 19.5. The van der Waals surface area contributed by atoms with Crippen molar-refractivity contribution < 1.29 is 9.53 Å². The lowest BCUT2D eigenvalue weighted by molar-refractivity contribution is 0.0734. The SMILES string of the molecule is O=C(Oc1ccc2c(c1)SNC1CCCN21)c1ccncc1. The molecule has 0 bridgehead atoms. The van der Waals surface area contributed by atoms with Crippen LogP contribution in [0.4, 0.5) is 5.69 Å². The predicted molar refractivity (Wildman–Crippen MR) is 85.0 cm³/mol. The Morgan fingerprint density at radius 1 is 1.32 bits per heavy atom. The van der Waals surface area contributed by atoms with E-state index in [9.17, 15) is 4.79 Å². The van der Waals surface area contributed by atoms with Crippen molar-refractivity contribution in [1.29, 1.82) is 0 Å². The molecule has 1 unspecified atom stereocenters. The molecule has 0 spiro atoms. The molecular formula is C16H15N3O2S. The Hall–Kier alpha value is -2.05. The molecule has 5 nitrogen and oxygen atoms in total. The molecule has 1 atom stereocenters. The lowest BCUT2D eigenvalue weighted by Crippen LogP contribution is -2.41. The van der Waals surface area contributed by atoms with Gasteiger partial charge in [0, 0.05) is 23.8 Å². The first-order valence-corrected chi connectivity index (χ1v) is 8.08. The van der Waals surface area contributed by atoms with Crippen molar-refractivity contribution in [3.63, 3.8) is 0 Å². The van der Waals surface area contributed by atoms with Gasteiger partial charge < -0.3 is 9.64 Å². The van der Waals surface area contributed by atoms with Crippen LogP contribution in [-0.4, -0.2) is 23.7 Å². The van der Waals surface area contributed by atoms with Crippen molar-refractivity contribution in [2.24, 2.45) is 0 Å². The van der Waals surface area contributed by atoms with Gasteiger partial charge in [-0.15, -0.1) is 0 Å². The zero-order chi connectivity index (χ0) is 14.9. The Bertz CT molecular complexity index is 708. The number of fused-ring (bicyclic) bond motifs is 3. The lowest BCUT2D eigenvalue weighted by Gasteiger charge is -2.33. The summed E-state index contributed by atoms with van der Waals surface area (Å²) < 4.78 is 8.89. The molecule has 1 saturated heterocycles. The van der Waals surface area contributed by atoms with E-state index in [4.69, 9.17) is 4.74 Å². The number of carbonyl (C=O) groups excluding carboxylic acids is 1. The maximum absolute atomic E-state index is 12.1. The molecule has 1 N–H and O–H groups in total. The average Bonchev–Trinajstić information content (AvgIpc) is 3.04. The Morgan fingerprint density at radius 3 is 3.05 bits per heavy atom. The zero-order valence-corrected chi connectivity index (χ0v) is 12.7. The molecule has 6 heteroatoms. The highest BCUT2D eigenvalue weighted by Crippen LogP contribution is 2.40. The van der Waals surface area contributed by atoms with Gasteiger partial charge in [0.1, 0.15) is 5.75 Å². The van der Waals surface area contributed by atoms with E-state index in [0.717, 1.165) is 11.4 Å². The van der Waals surface area contributed by atoms with Crippen molar-refractivity contribution in [1.82, 2.24) is 9.71 Å². The van der Waals surface area contributed by atoms with E-state index >= 15 is 0 Å². The predicted octanol–water partition coefficient (Wildman–Crippen LogP) is 2.84. The van der Waals surface area contributed by atoms with Crippen LogP contribution in [0.5, 0.6) is 5.75 Å². The van der Waals surface area contributed by atoms with E-state index in [2.05, 4.69) is 14.6 Å². The number of aromatic nitrogens is 1. The van der Waals surface area contributed by atoms with E-state index in [1.54, 1.807) is 36.5 Å². The summed E-state index contributed by atoms with van der Waals surface area (Å²) in [5, 5.41) is 0. The fourth-order valence-electron chi connectivity index (χ4n) is 2.84. The van der Waals surface area contributed by atoms with Gasteiger partial charge in [-0.3, -0.25) is 4.98 Å². The third-order valence-corrected chi connectivity index (χ3v) is 4.86. The van der Waals surface area contributed by atoms with Crippen LogP contribution in [0.2, 0.25) is 0 Å². The maximum atomic E-state index is 12.1. The van der Waals surface area contributed by atoms with E-state index in [1.807, 2.05) is 18.2 Å². The van der Waals surface area contributed by atoms with Gasteiger partial charge in [-0.05, 0) is 55.1 Å². The number of ether oxygens (including phenoxy) is 1. The topological polar surface area (TPSA) is 54.5 Å². The van der Waals surface area contributed by atoms with Gasteiger partial charge in [-0.1, -0.05) is 0 Å².